The van der Waals surface area contributed by atoms with Crippen LogP contribution in [0.1, 0.15) is 27.2 Å². The first-order valence-electron chi connectivity index (χ1n) is 6.11. The maximum Gasteiger partial charge on any atom is 0.248 e. The van der Waals surface area contributed by atoms with E-state index < -0.39 is 5.91 Å². The molecule has 0 aliphatic rings. The van der Waals surface area contributed by atoms with Crippen LogP contribution in [0.15, 0.2) is 24.4 Å². The summed E-state index contributed by atoms with van der Waals surface area (Å²) in [6, 6.07) is 5.40. The first-order chi connectivity index (χ1) is 8.99. The molecule has 0 unspecified atom stereocenters. The lowest BCUT2D eigenvalue weighted by Gasteiger charge is -2.10. The van der Waals surface area contributed by atoms with Crippen molar-refractivity contribution in [2.75, 3.05) is 5.32 Å². The number of anilines is 1. The Morgan fingerprint density at radius 1 is 1.42 bits per heavy atom. The van der Waals surface area contributed by atoms with Gasteiger partial charge >= 0.3 is 0 Å². The standard InChI is InChI=1S/C14H18N4O/c1-9-6-11(14(15)19)4-5-13(9)16-7-12-8-17-18(3)10(12)2/h4-6,8,16H,7H2,1-3H3,(H2,15,19). The molecule has 19 heavy (non-hydrogen) atoms. The highest BCUT2D eigenvalue weighted by Gasteiger charge is 2.06. The lowest BCUT2D eigenvalue weighted by atomic mass is 10.1. The third kappa shape index (κ3) is 2.76. The number of nitrogens with two attached hydrogens (primary N) is 1. The Kier molecular flexibility index (Phi) is 3.55. The van der Waals surface area contributed by atoms with Crippen molar-refractivity contribution in [1.29, 1.82) is 0 Å². The van der Waals surface area contributed by atoms with Gasteiger partial charge in [0.2, 0.25) is 5.91 Å². The molecule has 2 rings (SSSR count). The van der Waals surface area contributed by atoms with Crippen LogP contribution < -0.4 is 11.1 Å². The van der Waals surface area contributed by atoms with Crippen LogP contribution >= 0.6 is 0 Å². The number of benzene rings is 1. The molecule has 0 atom stereocenters. The second kappa shape index (κ2) is 5.14. The summed E-state index contributed by atoms with van der Waals surface area (Å²) in [5.74, 6) is -0.405. The molecule has 5 nitrogen and oxygen atoms in total. The summed E-state index contributed by atoms with van der Waals surface area (Å²) < 4.78 is 1.85. The molecule has 0 saturated heterocycles. The van der Waals surface area contributed by atoms with Gasteiger partial charge in [-0.15, -0.1) is 0 Å². The van der Waals surface area contributed by atoms with E-state index in [4.69, 9.17) is 5.73 Å². The summed E-state index contributed by atoms with van der Waals surface area (Å²) in [6.07, 6.45) is 1.86. The van der Waals surface area contributed by atoms with Gasteiger partial charge in [-0.05, 0) is 37.6 Å². The fourth-order valence-corrected chi connectivity index (χ4v) is 1.92. The minimum Gasteiger partial charge on any atom is -0.381 e. The number of aromatic nitrogens is 2. The van der Waals surface area contributed by atoms with E-state index in [-0.39, 0.29) is 0 Å². The van der Waals surface area contributed by atoms with E-state index in [9.17, 15) is 4.79 Å². The molecule has 0 saturated carbocycles. The number of nitrogens with zero attached hydrogens (tertiary/aromatic N) is 2. The first kappa shape index (κ1) is 13.1. The van der Waals surface area contributed by atoms with E-state index in [2.05, 4.69) is 10.4 Å². The highest BCUT2D eigenvalue weighted by atomic mass is 16.1. The molecule has 1 heterocycles. The van der Waals surface area contributed by atoms with Crippen molar-refractivity contribution in [1.82, 2.24) is 9.78 Å². The average Bonchev–Trinajstić information content (AvgIpc) is 2.68. The van der Waals surface area contributed by atoms with Gasteiger partial charge in [-0.2, -0.15) is 5.10 Å². The number of carbonyl (C=O) groups excluding carboxylic acids is 1. The Morgan fingerprint density at radius 2 is 2.16 bits per heavy atom. The Balaban J connectivity index is 2.12. The van der Waals surface area contributed by atoms with Crippen LogP contribution in [0.5, 0.6) is 0 Å². The van der Waals surface area contributed by atoms with Gasteiger partial charge in [0, 0.05) is 36.1 Å². The molecule has 0 aliphatic carbocycles. The monoisotopic (exact) mass is 258 g/mol. The van der Waals surface area contributed by atoms with Crippen molar-refractivity contribution in [2.24, 2.45) is 12.8 Å². The molecule has 0 fully saturated rings. The molecular formula is C14H18N4O. The molecule has 1 aromatic carbocycles. The molecule has 1 aromatic heterocycles. The second-order valence-corrected chi connectivity index (χ2v) is 4.63. The van der Waals surface area contributed by atoms with Gasteiger partial charge in [0.15, 0.2) is 0 Å². The largest absolute Gasteiger partial charge is 0.381 e. The Morgan fingerprint density at radius 3 is 2.68 bits per heavy atom. The zero-order valence-corrected chi connectivity index (χ0v) is 11.4. The van der Waals surface area contributed by atoms with Crippen LogP contribution in [-0.4, -0.2) is 15.7 Å². The Hall–Kier alpha value is -2.30. The van der Waals surface area contributed by atoms with Gasteiger partial charge in [0.05, 0.1) is 6.20 Å². The molecular weight excluding hydrogens is 240 g/mol. The van der Waals surface area contributed by atoms with Crippen molar-refractivity contribution < 1.29 is 4.79 Å². The Labute approximate surface area is 112 Å². The van der Waals surface area contributed by atoms with Gasteiger partial charge in [0.25, 0.3) is 0 Å². The van der Waals surface area contributed by atoms with Crippen LogP contribution in [0.2, 0.25) is 0 Å². The second-order valence-electron chi connectivity index (χ2n) is 4.63. The number of amides is 1. The summed E-state index contributed by atoms with van der Waals surface area (Å²) >= 11 is 0. The summed E-state index contributed by atoms with van der Waals surface area (Å²) in [5.41, 5.74) is 10.1. The fraction of sp³-hybridized carbons (Fsp3) is 0.286. The van der Waals surface area contributed by atoms with Gasteiger partial charge in [-0.3, -0.25) is 9.48 Å². The minimum atomic E-state index is -0.405. The summed E-state index contributed by atoms with van der Waals surface area (Å²) in [5, 5.41) is 7.55. The van der Waals surface area contributed by atoms with Gasteiger partial charge < -0.3 is 11.1 Å². The van der Waals surface area contributed by atoms with Crippen molar-refractivity contribution in [3.63, 3.8) is 0 Å². The first-order valence-corrected chi connectivity index (χ1v) is 6.11. The number of hydrogen-bond acceptors (Lipinski definition) is 3. The van der Waals surface area contributed by atoms with E-state index in [0.717, 1.165) is 22.5 Å². The summed E-state index contributed by atoms with van der Waals surface area (Å²) in [4.78, 5) is 11.1. The molecule has 5 heteroatoms. The molecule has 0 aliphatic heterocycles. The molecule has 2 aromatic rings. The molecule has 1 amide bonds. The maximum atomic E-state index is 11.1. The predicted molar refractivity (Wildman–Crippen MR) is 75.0 cm³/mol. The lowest BCUT2D eigenvalue weighted by molar-refractivity contribution is 0.1000. The smallest absolute Gasteiger partial charge is 0.248 e. The van der Waals surface area contributed by atoms with Crippen molar-refractivity contribution >= 4 is 11.6 Å². The number of hydrogen-bond donors (Lipinski definition) is 2. The number of aryl methyl sites for hydroxylation is 2. The van der Waals surface area contributed by atoms with Crippen molar-refractivity contribution in [3.05, 3.63) is 46.8 Å². The van der Waals surface area contributed by atoms with E-state index >= 15 is 0 Å². The highest BCUT2D eigenvalue weighted by molar-refractivity contribution is 5.93. The van der Waals surface area contributed by atoms with E-state index in [1.807, 2.05) is 37.8 Å². The number of carbonyl (C=O) groups is 1. The zero-order chi connectivity index (χ0) is 14.0. The quantitative estimate of drug-likeness (QED) is 0.877. The SMILES string of the molecule is Cc1cc(C(N)=O)ccc1NCc1cnn(C)c1C. The Bertz CT molecular complexity index is 616. The molecule has 100 valence electrons. The zero-order valence-electron chi connectivity index (χ0n) is 11.4. The minimum absolute atomic E-state index is 0.405. The van der Waals surface area contributed by atoms with Gasteiger partial charge in [-0.25, -0.2) is 0 Å². The van der Waals surface area contributed by atoms with E-state index in [1.165, 1.54) is 0 Å². The van der Waals surface area contributed by atoms with Gasteiger partial charge in [-0.1, -0.05) is 0 Å². The summed E-state index contributed by atoms with van der Waals surface area (Å²) in [6.45, 7) is 4.69. The van der Waals surface area contributed by atoms with Gasteiger partial charge in [0.1, 0.15) is 0 Å². The molecule has 0 radical (unpaired) electrons. The molecule has 3 N–H and O–H groups in total. The maximum absolute atomic E-state index is 11.1. The van der Waals surface area contributed by atoms with Crippen molar-refractivity contribution in [2.45, 2.75) is 20.4 Å². The molecule has 0 bridgehead atoms. The third-order valence-electron chi connectivity index (χ3n) is 3.32. The lowest BCUT2D eigenvalue weighted by Crippen LogP contribution is -2.11. The van der Waals surface area contributed by atoms with E-state index in [0.29, 0.717) is 12.1 Å². The topological polar surface area (TPSA) is 72.9 Å². The fourth-order valence-electron chi connectivity index (χ4n) is 1.92. The predicted octanol–water partition coefficient (Wildman–Crippen LogP) is 1.75. The van der Waals surface area contributed by atoms with Crippen LogP contribution in [0, 0.1) is 13.8 Å². The van der Waals surface area contributed by atoms with Crippen LogP contribution in [0.4, 0.5) is 5.69 Å². The van der Waals surface area contributed by atoms with Crippen LogP contribution in [0.3, 0.4) is 0 Å². The van der Waals surface area contributed by atoms with E-state index in [1.54, 1.807) is 12.1 Å². The van der Waals surface area contributed by atoms with Crippen LogP contribution in [-0.2, 0) is 13.6 Å². The third-order valence-corrected chi connectivity index (χ3v) is 3.32. The number of nitrogens with one attached hydrogen (secondary N) is 1. The normalized spacial score (nSPS) is 10.5. The number of primary amides is 1. The average molecular weight is 258 g/mol. The van der Waals surface area contributed by atoms with Crippen molar-refractivity contribution in [3.8, 4) is 0 Å². The summed E-state index contributed by atoms with van der Waals surface area (Å²) in [7, 11) is 1.92. The molecule has 0 spiro atoms. The highest BCUT2D eigenvalue weighted by Crippen LogP contribution is 2.18. The number of rotatable bonds is 4. The van der Waals surface area contributed by atoms with Crippen LogP contribution in [0.25, 0.3) is 0 Å².